The van der Waals surface area contributed by atoms with Crippen LogP contribution in [0.25, 0.3) is 32.8 Å². The molecule has 3 aromatic carbocycles. The molecule has 4 rings (SSSR count). The number of hydrogen-bond acceptors (Lipinski definition) is 4. The first-order chi connectivity index (χ1) is 13.3. The molecule has 1 N–H and O–H groups in total. The van der Waals surface area contributed by atoms with E-state index in [2.05, 4.69) is 4.40 Å². The molecule has 0 radical (unpaired) electrons. The molecule has 4 aromatic rings. The summed E-state index contributed by atoms with van der Waals surface area (Å²) in [4.78, 5) is 13.2. The van der Waals surface area contributed by atoms with Crippen molar-refractivity contribution in [2.45, 2.75) is 0 Å². The minimum absolute atomic E-state index is 0.183. The Morgan fingerprint density at radius 2 is 1.61 bits per heavy atom. The largest absolute Gasteiger partial charge is 0.428 e. The highest BCUT2D eigenvalue weighted by molar-refractivity contribution is 7.89. The van der Waals surface area contributed by atoms with Crippen molar-refractivity contribution in [3.63, 3.8) is 0 Å². The number of nitrogens with zero attached hydrogens (tertiary/aromatic N) is 2. The lowest BCUT2D eigenvalue weighted by Crippen LogP contribution is -2.09. The molecule has 0 spiro atoms. The third-order valence-corrected chi connectivity index (χ3v) is 4.95. The van der Waals surface area contributed by atoms with Crippen LogP contribution in [0, 0.1) is 0 Å². The normalized spacial score (nSPS) is 12.5. The van der Waals surface area contributed by atoms with Crippen LogP contribution in [0.4, 0.5) is 0 Å². The highest BCUT2D eigenvalue weighted by Crippen LogP contribution is 2.23. The fourth-order valence-corrected chi connectivity index (χ4v) is 3.67. The lowest BCUT2D eigenvalue weighted by molar-refractivity contribution is 0.198. The molecule has 0 aliphatic rings. The number of fused-ring (bicyclic) bond motifs is 2. The van der Waals surface area contributed by atoms with E-state index in [0.717, 1.165) is 16.5 Å². The van der Waals surface area contributed by atoms with Gasteiger partial charge in [0.2, 0.25) is 0 Å². The number of aromatic nitrogens is 1. The Bertz CT molecular complexity index is 1460. The molecule has 1 aromatic heterocycles. The molecule has 0 atom stereocenters. The van der Waals surface area contributed by atoms with Crippen molar-refractivity contribution in [3.05, 3.63) is 88.5 Å². The summed E-state index contributed by atoms with van der Waals surface area (Å²) in [5, 5.41) is 11.9. The van der Waals surface area contributed by atoms with Gasteiger partial charge in [0.15, 0.2) is 5.43 Å². The van der Waals surface area contributed by atoms with Crippen molar-refractivity contribution in [1.82, 2.24) is 4.73 Å². The van der Waals surface area contributed by atoms with E-state index in [1.807, 2.05) is 30.3 Å². The molecule has 0 aliphatic carbocycles. The molecule has 0 aliphatic heterocycles. The third kappa shape index (κ3) is 3.39. The van der Waals surface area contributed by atoms with E-state index in [-0.39, 0.29) is 10.8 Å². The molecular weight excluding hydrogens is 376 g/mol. The van der Waals surface area contributed by atoms with Crippen LogP contribution in [-0.4, -0.2) is 24.6 Å². The molecule has 1 heterocycles. The van der Waals surface area contributed by atoms with Crippen molar-refractivity contribution < 1.29 is 13.6 Å². The van der Waals surface area contributed by atoms with Gasteiger partial charge in [-0.2, -0.15) is 9.13 Å². The van der Waals surface area contributed by atoms with Crippen molar-refractivity contribution >= 4 is 31.7 Å². The maximum Gasteiger partial charge on any atom is 0.250 e. The van der Waals surface area contributed by atoms with Crippen molar-refractivity contribution in [3.8, 4) is 11.1 Å². The first-order valence-corrected chi connectivity index (χ1v) is 10.3. The molecule has 28 heavy (non-hydrogen) atoms. The molecule has 6 nitrogen and oxygen atoms in total. The Morgan fingerprint density at radius 1 is 0.893 bits per heavy atom. The number of pyridine rings is 1. The standard InChI is InChI=1S/C21H16N2O4S/c1-28(26,27)22-17-9-7-15-8-10-20-19(21(24)18(15)12-17)11-16(13-23(20)25)14-5-3-2-4-6-14/h2-13,25H,1H3/b22-17+. The van der Waals surface area contributed by atoms with Crippen LogP contribution in [0.3, 0.4) is 0 Å². The number of benzene rings is 2. The fraction of sp³-hybridized carbons (Fsp3) is 0.0476. The third-order valence-electron chi connectivity index (χ3n) is 4.41. The predicted molar refractivity (Wildman–Crippen MR) is 109 cm³/mol. The Labute approximate surface area is 160 Å². The summed E-state index contributed by atoms with van der Waals surface area (Å²) < 4.78 is 27.5. The van der Waals surface area contributed by atoms with E-state index in [1.54, 1.807) is 30.5 Å². The smallest absolute Gasteiger partial charge is 0.250 e. The Morgan fingerprint density at radius 3 is 2.32 bits per heavy atom. The van der Waals surface area contributed by atoms with Gasteiger partial charge >= 0.3 is 0 Å². The molecule has 0 bridgehead atoms. The average molecular weight is 392 g/mol. The first kappa shape index (κ1) is 17.9. The molecular formula is C21H16N2O4S. The number of sulfonamides is 1. The summed E-state index contributed by atoms with van der Waals surface area (Å²) in [6.07, 6.45) is 2.54. The number of rotatable bonds is 2. The summed E-state index contributed by atoms with van der Waals surface area (Å²) >= 11 is 0. The maximum atomic E-state index is 13.2. The lowest BCUT2D eigenvalue weighted by atomic mass is 10.1. The van der Waals surface area contributed by atoms with Crippen molar-refractivity contribution in [2.24, 2.45) is 4.40 Å². The van der Waals surface area contributed by atoms with Crippen LogP contribution >= 0.6 is 0 Å². The van der Waals surface area contributed by atoms with E-state index >= 15 is 0 Å². The zero-order chi connectivity index (χ0) is 19.9. The molecule has 0 saturated carbocycles. The highest BCUT2D eigenvalue weighted by Gasteiger charge is 2.09. The maximum absolute atomic E-state index is 13.2. The van der Waals surface area contributed by atoms with Gasteiger partial charge < -0.3 is 5.21 Å². The minimum atomic E-state index is -3.59. The Hall–Kier alpha value is -3.45. The van der Waals surface area contributed by atoms with Crippen molar-refractivity contribution in [1.29, 1.82) is 0 Å². The van der Waals surface area contributed by atoms with Crippen LogP contribution in [0.1, 0.15) is 0 Å². The van der Waals surface area contributed by atoms with Crippen LogP contribution in [0.5, 0.6) is 0 Å². The van der Waals surface area contributed by atoms with Gasteiger partial charge in [0.05, 0.1) is 28.7 Å². The van der Waals surface area contributed by atoms with Gasteiger partial charge in [-0.05, 0) is 35.2 Å². The van der Waals surface area contributed by atoms with Gasteiger partial charge in [0.25, 0.3) is 10.0 Å². The summed E-state index contributed by atoms with van der Waals surface area (Å²) in [7, 11) is -3.59. The topological polar surface area (TPSA) is 88.7 Å². The minimum Gasteiger partial charge on any atom is -0.428 e. The summed E-state index contributed by atoms with van der Waals surface area (Å²) in [6.45, 7) is 0. The molecule has 0 unspecified atom stereocenters. The molecule has 0 saturated heterocycles. The first-order valence-electron chi connectivity index (χ1n) is 8.46. The van der Waals surface area contributed by atoms with E-state index < -0.39 is 10.0 Å². The predicted octanol–water partition coefficient (Wildman–Crippen LogP) is 2.92. The van der Waals surface area contributed by atoms with Crippen LogP contribution in [-0.2, 0) is 10.0 Å². The van der Waals surface area contributed by atoms with Crippen molar-refractivity contribution in [2.75, 3.05) is 6.26 Å². The second kappa shape index (κ2) is 6.61. The Balaban J connectivity index is 2.12. The van der Waals surface area contributed by atoms with Gasteiger partial charge in [-0.25, -0.2) is 8.42 Å². The fourth-order valence-electron chi connectivity index (χ4n) is 3.18. The number of hydrogen-bond donors (Lipinski definition) is 1. The van der Waals surface area contributed by atoms with E-state index in [1.165, 1.54) is 12.1 Å². The molecule has 140 valence electrons. The second-order valence-corrected chi connectivity index (χ2v) is 8.15. The summed E-state index contributed by atoms with van der Waals surface area (Å²) in [5.74, 6) is 0. The summed E-state index contributed by atoms with van der Waals surface area (Å²) in [6, 6.07) is 19.1. The average Bonchev–Trinajstić information content (AvgIpc) is 2.79. The molecule has 0 amide bonds. The van der Waals surface area contributed by atoms with Crippen LogP contribution in [0.15, 0.2) is 82.1 Å². The van der Waals surface area contributed by atoms with E-state index in [9.17, 15) is 18.4 Å². The monoisotopic (exact) mass is 392 g/mol. The van der Waals surface area contributed by atoms with Crippen LogP contribution < -0.4 is 10.8 Å². The van der Waals surface area contributed by atoms with Gasteiger partial charge in [-0.1, -0.05) is 42.5 Å². The second-order valence-electron chi connectivity index (χ2n) is 6.50. The summed E-state index contributed by atoms with van der Waals surface area (Å²) in [5.41, 5.74) is 1.57. The van der Waals surface area contributed by atoms with Gasteiger partial charge in [0, 0.05) is 10.9 Å². The molecule has 7 heteroatoms. The highest BCUT2D eigenvalue weighted by atomic mass is 32.2. The SMILES string of the molecule is CS(=O)(=O)/N=c1\ccc2ccc3c(cc(-c4ccccc4)cn3O)c(=O)c2c1. The van der Waals surface area contributed by atoms with Gasteiger partial charge in [-0.15, -0.1) is 0 Å². The van der Waals surface area contributed by atoms with Crippen LogP contribution in [0.2, 0.25) is 0 Å². The molecule has 0 fully saturated rings. The van der Waals surface area contributed by atoms with E-state index in [0.29, 0.717) is 27.2 Å². The van der Waals surface area contributed by atoms with Gasteiger partial charge in [0.1, 0.15) is 0 Å². The quantitative estimate of drug-likeness (QED) is 0.531. The lowest BCUT2D eigenvalue weighted by Gasteiger charge is -2.06. The Kier molecular flexibility index (Phi) is 4.24. The zero-order valence-electron chi connectivity index (χ0n) is 14.9. The van der Waals surface area contributed by atoms with Gasteiger partial charge in [-0.3, -0.25) is 4.79 Å². The zero-order valence-corrected chi connectivity index (χ0v) is 15.7. The van der Waals surface area contributed by atoms with E-state index in [4.69, 9.17) is 0 Å².